The molecule has 98 valence electrons. The molecule has 0 spiro atoms. The zero-order chi connectivity index (χ0) is 13.2. The number of ether oxygens (including phenoxy) is 2. The molecule has 18 heavy (non-hydrogen) atoms. The number of pyridine rings is 1. The summed E-state index contributed by atoms with van der Waals surface area (Å²) in [6, 6.07) is 1.83. The molecule has 0 unspecified atom stereocenters. The first-order chi connectivity index (χ1) is 8.72. The van der Waals surface area contributed by atoms with Crippen LogP contribution in [0.4, 0.5) is 0 Å². The summed E-state index contributed by atoms with van der Waals surface area (Å²) in [5, 5.41) is 8.63. The molecular weight excluding hydrogens is 230 g/mol. The highest BCUT2D eigenvalue weighted by Crippen LogP contribution is 2.10. The summed E-state index contributed by atoms with van der Waals surface area (Å²) in [5.41, 5.74) is 0.783. The third-order valence-corrected chi connectivity index (χ3v) is 1.99. The minimum absolute atomic E-state index is 0.0726. The topological polar surface area (TPSA) is 51.6 Å². The van der Waals surface area contributed by atoms with E-state index in [9.17, 15) is 0 Å². The van der Waals surface area contributed by atoms with Gasteiger partial charge in [0.2, 0.25) is 0 Å². The molecule has 0 atom stereocenters. The summed E-state index contributed by atoms with van der Waals surface area (Å²) in [5.74, 6) is 6.43. The third kappa shape index (κ3) is 6.24. The molecule has 0 amide bonds. The monoisotopic (exact) mass is 249 g/mol. The second kappa shape index (κ2) is 8.51. The molecule has 0 bridgehead atoms. The van der Waals surface area contributed by atoms with Gasteiger partial charge in [-0.2, -0.15) is 0 Å². The largest absolute Gasteiger partial charge is 0.490 e. The Bertz CT molecular complexity index is 407. The minimum atomic E-state index is 0.0726. The highest BCUT2D eigenvalue weighted by Gasteiger charge is 1.97. The fourth-order valence-electron chi connectivity index (χ4n) is 1.23. The molecule has 0 aliphatic rings. The van der Waals surface area contributed by atoms with Crippen molar-refractivity contribution in [2.75, 3.05) is 19.8 Å². The van der Waals surface area contributed by atoms with Crippen LogP contribution < -0.4 is 4.74 Å². The molecule has 0 saturated carbocycles. The van der Waals surface area contributed by atoms with Gasteiger partial charge in [0.05, 0.1) is 25.5 Å². The van der Waals surface area contributed by atoms with Gasteiger partial charge in [0.1, 0.15) is 12.4 Å². The SMILES string of the molecule is CC(C)OCCOc1cncc(C#CCCO)c1. The minimum Gasteiger partial charge on any atom is -0.490 e. The first-order valence-corrected chi connectivity index (χ1v) is 6.01. The fraction of sp³-hybridized carbons (Fsp3) is 0.500. The molecular formula is C14H19NO3. The molecule has 0 saturated heterocycles. The lowest BCUT2D eigenvalue weighted by atomic mass is 10.2. The predicted molar refractivity (Wildman–Crippen MR) is 69.4 cm³/mol. The van der Waals surface area contributed by atoms with E-state index in [1.165, 1.54) is 0 Å². The van der Waals surface area contributed by atoms with Crippen molar-refractivity contribution in [2.24, 2.45) is 0 Å². The average Bonchev–Trinajstić information content (AvgIpc) is 2.35. The Kier molecular flexibility index (Phi) is 6.85. The molecule has 0 aliphatic heterocycles. The zero-order valence-electron chi connectivity index (χ0n) is 10.8. The number of hydrogen-bond donors (Lipinski definition) is 1. The van der Waals surface area contributed by atoms with Gasteiger partial charge < -0.3 is 14.6 Å². The smallest absolute Gasteiger partial charge is 0.138 e. The summed E-state index contributed by atoms with van der Waals surface area (Å²) in [7, 11) is 0. The van der Waals surface area contributed by atoms with Crippen molar-refractivity contribution in [1.29, 1.82) is 0 Å². The van der Waals surface area contributed by atoms with Crippen LogP contribution in [0.5, 0.6) is 5.75 Å². The maximum absolute atomic E-state index is 8.63. The van der Waals surface area contributed by atoms with E-state index in [0.29, 0.717) is 25.4 Å². The van der Waals surface area contributed by atoms with Gasteiger partial charge in [0.25, 0.3) is 0 Å². The van der Waals surface area contributed by atoms with Gasteiger partial charge in [-0.25, -0.2) is 0 Å². The zero-order valence-corrected chi connectivity index (χ0v) is 10.8. The number of nitrogens with zero attached hydrogens (tertiary/aromatic N) is 1. The summed E-state index contributed by atoms with van der Waals surface area (Å²) in [6.07, 6.45) is 3.99. The number of aliphatic hydroxyl groups is 1. The first-order valence-electron chi connectivity index (χ1n) is 6.01. The van der Waals surface area contributed by atoms with Gasteiger partial charge in [-0.3, -0.25) is 4.98 Å². The summed E-state index contributed by atoms with van der Waals surface area (Å²) < 4.78 is 10.9. The molecule has 4 nitrogen and oxygen atoms in total. The summed E-state index contributed by atoms with van der Waals surface area (Å²) >= 11 is 0. The second-order valence-electron chi connectivity index (χ2n) is 3.95. The molecule has 4 heteroatoms. The molecule has 0 radical (unpaired) electrons. The lowest BCUT2D eigenvalue weighted by molar-refractivity contribution is 0.0552. The van der Waals surface area contributed by atoms with Gasteiger partial charge in [-0.15, -0.1) is 0 Å². The van der Waals surface area contributed by atoms with Crippen LogP contribution in [0.2, 0.25) is 0 Å². The van der Waals surface area contributed by atoms with E-state index in [0.717, 1.165) is 5.56 Å². The highest BCUT2D eigenvalue weighted by atomic mass is 16.5. The first kappa shape index (κ1) is 14.5. The summed E-state index contributed by atoms with van der Waals surface area (Å²) in [6.45, 7) is 5.09. The lowest BCUT2D eigenvalue weighted by Crippen LogP contribution is -2.11. The predicted octanol–water partition coefficient (Wildman–Crippen LogP) is 1.62. The van der Waals surface area contributed by atoms with Crippen LogP contribution in [-0.4, -0.2) is 36.0 Å². The van der Waals surface area contributed by atoms with Gasteiger partial charge in [0, 0.05) is 18.2 Å². The Balaban J connectivity index is 2.42. The Morgan fingerprint density at radius 3 is 2.89 bits per heavy atom. The lowest BCUT2D eigenvalue weighted by Gasteiger charge is -2.08. The Morgan fingerprint density at radius 2 is 2.17 bits per heavy atom. The normalized spacial score (nSPS) is 10.0. The van der Waals surface area contributed by atoms with E-state index < -0.39 is 0 Å². The molecule has 1 N–H and O–H groups in total. The van der Waals surface area contributed by atoms with Gasteiger partial charge in [-0.05, 0) is 19.9 Å². The molecule has 1 aromatic rings. The van der Waals surface area contributed by atoms with Crippen molar-refractivity contribution < 1.29 is 14.6 Å². The maximum Gasteiger partial charge on any atom is 0.138 e. The van der Waals surface area contributed by atoms with Crippen molar-refractivity contribution in [1.82, 2.24) is 4.98 Å². The van der Waals surface area contributed by atoms with Crippen molar-refractivity contribution in [3.05, 3.63) is 24.0 Å². The van der Waals surface area contributed by atoms with E-state index in [1.807, 2.05) is 19.9 Å². The van der Waals surface area contributed by atoms with Crippen LogP contribution in [-0.2, 0) is 4.74 Å². The molecule has 1 aromatic heterocycles. The van der Waals surface area contributed by atoms with E-state index in [2.05, 4.69) is 16.8 Å². The number of rotatable bonds is 6. The van der Waals surface area contributed by atoms with Crippen molar-refractivity contribution in [3.8, 4) is 17.6 Å². The fourth-order valence-corrected chi connectivity index (χ4v) is 1.23. The van der Waals surface area contributed by atoms with E-state index in [1.54, 1.807) is 12.4 Å². The van der Waals surface area contributed by atoms with Gasteiger partial charge >= 0.3 is 0 Å². The van der Waals surface area contributed by atoms with Gasteiger partial charge in [-0.1, -0.05) is 11.8 Å². The van der Waals surface area contributed by atoms with Crippen LogP contribution in [0.15, 0.2) is 18.5 Å². The number of aromatic nitrogens is 1. The maximum atomic E-state index is 8.63. The standard InChI is InChI=1S/C14H19NO3/c1-12(2)17-7-8-18-14-9-13(10-15-11-14)5-3-4-6-16/h9-12,16H,4,6-8H2,1-2H3. The van der Waals surface area contributed by atoms with Crippen LogP contribution in [0.1, 0.15) is 25.8 Å². The molecule has 1 rings (SSSR count). The molecule has 0 fully saturated rings. The van der Waals surface area contributed by atoms with Crippen LogP contribution in [0, 0.1) is 11.8 Å². The van der Waals surface area contributed by atoms with Crippen molar-refractivity contribution in [2.45, 2.75) is 26.4 Å². The average molecular weight is 249 g/mol. The molecule has 0 aliphatic carbocycles. The Labute approximate surface area is 108 Å². The van der Waals surface area contributed by atoms with Gasteiger partial charge in [0.15, 0.2) is 0 Å². The Morgan fingerprint density at radius 1 is 1.33 bits per heavy atom. The number of aliphatic hydroxyl groups excluding tert-OH is 1. The summed E-state index contributed by atoms with van der Waals surface area (Å²) in [4.78, 5) is 4.05. The quantitative estimate of drug-likeness (QED) is 0.615. The van der Waals surface area contributed by atoms with Crippen molar-refractivity contribution in [3.63, 3.8) is 0 Å². The van der Waals surface area contributed by atoms with E-state index in [4.69, 9.17) is 14.6 Å². The molecule has 1 heterocycles. The highest BCUT2D eigenvalue weighted by molar-refractivity contribution is 5.36. The molecule has 0 aromatic carbocycles. The second-order valence-corrected chi connectivity index (χ2v) is 3.95. The number of hydrogen-bond acceptors (Lipinski definition) is 4. The Hall–Kier alpha value is -1.57. The van der Waals surface area contributed by atoms with Crippen LogP contribution in [0.25, 0.3) is 0 Å². The van der Waals surface area contributed by atoms with Crippen LogP contribution in [0.3, 0.4) is 0 Å². The van der Waals surface area contributed by atoms with Crippen LogP contribution >= 0.6 is 0 Å². The van der Waals surface area contributed by atoms with Crippen molar-refractivity contribution >= 4 is 0 Å². The van der Waals surface area contributed by atoms with E-state index in [-0.39, 0.29) is 12.7 Å². The third-order valence-electron chi connectivity index (χ3n) is 1.99. The van der Waals surface area contributed by atoms with E-state index >= 15 is 0 Å².